The molecule has 0 saturated heterocycles. The minimum Gasteiger partial charge on any atom is -0.381 e. The molecule has 1 aromatic carbocycles. The summed E-state index contributed by atoms with van der Waals surface area (Å²) in [5, 5.41) is 4.99. The van der Waals surface area contributed by atoms with E-state index in [4.69, 9.17) is 23.2 Å². The lowest BCUT2D eigenvalue weighted by Gasteiger charge is -2.29. The van der Waals surface area contributed by atoms with Crippen LogP contribution in [0.3, 0.4) is 0 Å². The van der Waals surface area contributed by atoms with Gasteiger partial charge in [-0.1, -0.05) is 43.5 Å². The summed E-state index contributed by atoms with van der Waals surface area (Å²) in [4.78, 5) is 0. The normalized spacial score (nSPS) is 23.4. The molecular weight excluding hydrogens is 241 g/mol. The van der Waals surface area contributed by atoms with Gasteiger partial charge in [0.05, 0.1) is 10.7 Å². The van der Waals surface area contributed by atoms with Crippen molar-refractivity contribution in [3.8, 4) is 0 Å². The van der Waals surface area contributed by atoms with Gasteiger partial charge in [0.25, 0.3) is 0 Å². The summed E-state index contributed by atoms with van der Waals surface area (Å²) in [7, 11) is 0. The van der Waals surface area contributed by atoms with Crippen LogP contribution >= 0.6 is 23.2 Å². The first-order chi connectivity index (χ1) is 7.49. The van der Waals surface area contributed by atoms with Crippen molar-refractivity contribution in [3.05, 3.63) is 28.2 Å². The van der Waals surface area contributed by atoms with Crippen molar-refractivity contribution in [1.82, 2.24) is 0 Å². The number of benzene rings is 1. The molecule has 1 saturated carbocycles. The molecule has 1 aromatic rings. The molecule has 3 heteroatoms. The SMILES string of the molecule is CC1(C)CCCC1Nc1cc(Cl)ccc1Cl. The van der Waals surface area contributed by atoms with E-state index >= 15 is 0 Å². The lowest BCUT2D eigenvalue weighted by atomic mass is 9.87. The van der Waals surface area contributed by atoms with Crippen molar-refractivity contribution in [2.45, 2.75) is 39.2 Å². The third-order valence-electron chi connectivity index (χ3n) is 3.52. The molecule has 1 nitrogen and oxygen atoms in total. The van der Waals surface area contributed by atoms with Gasteiger partial charge in [0, 0.05) is 11.1 Å². The Morgan fingerprint density at radius 3 is 2.69 bits per heavy atom. The summed E-state index contributed by atoms with van der Waals surface area (Å²) in [5.74, 6) is 0. The second-order valence-electron chi connectivity index (χ2n) is 5.20. The Kier molecular flexibility index (Phi) is 3.37. The van der Waals surface area contributed by atoms with Gasteiger partial charge in [0.1, 0.15) is 0 Å². The molecule has 0 heterocycles. The molecule has 0 aliphatic heterocycles. The molecule has 1 aliphatic carbocycles. The standard InChI is InChI=1S/C13H17Cl2N/c1-13(2)7-3-4-12(13)16-11-8-9(14)5-6-10(11)15/h5-6,8,12,16H,3-4,7H2,1-2H3. The van der Waals surface area contributed by atoms with Gasteiger partial charge in [-0.3, -0.25) is 0 Å². The molecule has 0 amide bonds. The largest absolute Gasteiger partial charge is 0.381 e. The zero-order valence-electron chi connectivity index (χ0n) is 9.69. The number of nitrogens with one attached hydrogen (secondary N) is 1. The van der Waals surface area contributed by atoms with Crippen molar-refractivity contribution >= 4 is 28.9 Å². The number of rotatable bonds is 2. The first-order valence-electron chi connectivity index (χ1n) is 5.71. The Bertz CT molecular complexity index is 388. The van der Waals surface area contributed by atoms with Crippen LogP contribution in [0.1, 0.15) is 33.1 Å². The van der Waals surface area contributed by atoms with Crippen LogP contribution in [0, 0.1) is 5.41 Å². The van der Waals surface area contributed by atoms with E-state index in [0.29, 0.717) is 11.5 Å². The molecule has 0 bridgehead atoms. The number of hydrogen-bond donors (Lipinski definition) is 1. The Morgan fingerprint density at radius 1 is 1.31 bits per heavy atom. The van der Waals surface area contributed by atoms with E-state index in [1.807, 2.05) is 18.2 Å². The van der Waals surface area contributed by atoms with E-state index in [9.17, 15) is 0 Å². The molecule has 1 unspecified atom stereocenters. The lowest BCUT2D eigenvalue weighted by Crippen LogP contribution is -2.30. The fraction of sp³-hybridized carbons (Fsp3) is 0.538. The zero-order chi connectivity index (χ0) is 11.8. The van der Waals surface area contributed by atoms with Crippen molar-refractivity contribution in [2.24, 2.45) is 5.41 Å². The summed E-state index contributed by atoms with van der Waals surface area (Å²) < 4.78 is 0. The van der Waals surface area contributed by atoms with Crippen LogP contribution in [-0.4, -0.2) is 6.04 Å². The minimum atomic E-state index is 0.339. The quantitative estimate of drug-likeness (QED) is 0.788. The van der Waals surface area contributed by atoms with Crippen LogP contribution in [0.25, 0.3) is 0 Å². The molecule has 1 atom stereocenters. The van der Waals surface area contributed by atoms with Crippen LogP contribution in [0.15, 0.2) is 18.2 Å². The molecule has 16 heavy (non-hydrogen) atoms. The van der Waals surface area contributed by atoms with Crippen LogP contribution in [0.2, 0.25) is 10.0 Å². The van der Waals surface area contributed by atoms with Gasteiger partial charge < -0.3 is 5.32 Å². The maximum absolute atomic E-state index is 6.15. The first-order valence-corrected chi connectivity index (χ1v) is 6.46. The predicted molar refractivity (Wildman–Crippen MR) is 71.5 cm³/mol. The fourth-order valence-electron chi connectivity index (χ4n) is 2.39. The van der Waals surface area contributed by atoms with Crippen LogP contribution in [0.5, 0.6) is 0 Å². The monoisotopic (exact) mass is 257 g/mol. The average Bonchev–Trinajstić information content (AvgIpc) is 2.52. The Morgan fingerprint density at radius 2 is 2.06 bits per heavy atom. The van der Waals surface area contributed by atoms with Crippen molar-refractivity contribution in [2.75, 3.05) is 5.32 Å². The molecule has 88 valence electrons. The van der Waals surface area contributed by atoms with E-state index in [1.54, 1.807) is 0 Å². The molecule has 0 aromatic heterocycles. The average molecular weight is 258 g/mol. The molecule has 1 N–H and O–H groups in total. The van der Waals surface area contributed by atoms with Gasteiger partial charge in [-0.15, -0.1) is 0 Å². The lowest BCUT2D eigenvalue weighted by molar-refractivity contribution is 0.350. The minimum absolute atomic E-state index is 0.339. The van der Waals surface area contributed by atoms with Crippen LogP contribution < -0.4 is 5.32 Å². The van der Waals surface area contributed by atoms with Gasteiger partial charge in [0.2, 0.25) is 0 Å². The Balaban J connectivity index is 2.17. The molecular formula is C13H17Cl2N. The van der Waals surface area contributed by atoms with Gasteiger partial charge in [-0.05, 0) is 36.5 Å². The van der Waals surface area contributed by atoms with Gasteiger partial charge in [0.15, 0.2) is 0 Å². The topological polar surface area (TPSA) is 12.0 Å². The molecule has 1 fully saturated rings. The third kappa shape index (κ3) is 2.46. The Hall–Kier alpha value is -0.400. The maximum Gasteiger partial charge on any atom is 0.0638 e. The smallest absolute Gasteiger partial charge is 0.0638 e. The van der Waals surface area contributed by atoms with Gasteiger partial charge in [-0.2, -0.15) is 0 Å². The van der Waals surface area contributed by atoms with Gasteiger partial charge in [-0.25, -0.2) is 0 Å². The molecule has 0 spiro atoms. The summed E-state index contributed by atoms with van der Waals surface area (Å²) in [6.45, 7) is 4.60. The number of anilines is 1. The number of halogens is 2. The van der Waals surface area contributed by atoms with E-state index in [2.05, 4.69) is 19.2 Å². The number of hydrogen-bond acceptors (Lipinski definition) is 1. The third-order valence-corrected chi connectivity index (χ3v) is 4.08. The second kappa shape index (κ2) is 4.46. The van der Waals surface area contributed by atoms with E-state index in [-0.39, 0.29) is 0 Å². The zero-order valence-corrected chi connectivity index (χ0v) is 11.2. The van der Waals surface area contributed by atoms with E-state index in [1.165, 1.54) is 19.3 Å². The van der Waals surface area contributed by atoms with Crippen LogP contribution in [0.4, 0.5) is 5.69 Å². The predicted octanol–water partition coefficient (Wildman–Crippen LogP) is 4.98. The summed E-state index contributed by atoms with van der Waals surface area (Å²) in [6, 6.07) is 6.05. The first kappa shape index (κ1) is 12.1. The highest BCUT2D eigenvalue weighted by Gasteiger charge is 2.34. The molecule has 0 radical (unpaired) electrons. The Labute approximate surface area is 107 Å². The molecule has 2 rings (SSSR count). The van der Waals surface area contributed by atoms with E-state index in [0.717, 1.165) is 15.7 Å². The summed E-state index contributed by atoms with van der Waals surface area (Å²) in [6.07, 6.45) is 3.75. The van der Waals surface area contributed by atoms with Crippen molar-refractivity contribution < 1.29 is 0 Å². The van der Waals surface area contributed by atoms with E-state index < -0.39 is 0 Å². The highest BCUT2D eigenvalue weighted by atomic mass is 35.5. The van der Waals surface area contributed by atoms with Gasteiger partial charge >= 0.3 is 0 Å². The summed E-state index contributed by atoms with van der Waals surface area (Å²) in [5.41, 5.74) is 1.29. The maximum atomic E-state index is 6.15. The van der Waals surface area contributed by atoms with Crippen molar-refractivity contribution in [3.63, 3.8) is 0 Å². The van der Waals surface area contributed by atoms with Crippen LogP contribution in [-0.2, 0) is 0 Å². The summed E-state index contributed by atoms with van der Waals surface area (Å²) >= 11 is 12.1. The highest BCUT2D eigenvalue weighted by Crippen LogP contribution is 2.40. The van der Waals surface area contributed by atoms with Crippen molar-refractivity contribution in [1.29, 1.82) is 0 Å². The molecule has 1 aliphatic rings. The highest BCUT2D eigenvalue weighted by molar-refractivity contribution is 6.35. The second-order valence-corrected chi connectivity index (χ2v) is 6.05. The fourth-order valence-corrected chi connectivity index (χ4v) is 2.73.